The van der Waals surface area contributed by atoms with Crippen molar-refractivity contribution < 1.29 is 14.3 Å². The summed E-state index contributed by atoms with van der Waals surface area (Å²) in [4.78, 5) is 17.1. The maximum absolute atomic E-state index is 14.7. The van der Waals surface area contributed by atoms with Crippen LogP contribution in [0.3, 0.4) is 0 Å². The lowest BCUT2D eigenvalue weighted by Gasteiger charge is -2.27. The molecule has 2 aromatic rings. The number of aromatic nitrogens is 2. The molecule has 1 unspecified atom stereocenters. The monoisotopic (exact) mass is 371 g/mol. The van der Waals surface area contributed by atoms with Gasteiger partial charge < -0.3 is 15.7 Å². The van der Waals surface area contributed by atoms with Crippen molar-refractivity contribution in [3.63, 3.8) is 0 Å². The number of aliphatic hydroxyl groups excluding tert-OH is 1. The van der Waals surface area contributed by atoms with Gasteiger partial charge in [0, 0.05) is 42.9 Å². The van der Waals surface area contributed by atoms with Gasteiger partial charge in [0.15, 0.2) is 0 Å². The summed E-state index contributed by atoms with van der Waals surface area (Å²) in [6.07, 6.45) is 10.2. The number of aliphatic imine (C=N–C) groups is 1. The number of nitrogens with two attached hydrogens (primary N) is 1. The van der Waals surface area contributed by atoms with Gasteiger partial charge in [0.2, 0.25) is 5.91 Å². The summed E-state index contributed by atoms with van der Waals surface area (Å²) in [6.45, 7) is 0.232. The van der Waals surface area contributed by atoms with Crippen LogP contribution in [0.2, 0.25) is 0 Å². The maximum Gasteiger partial charge on any atom is 0.246 e. The van der Waals surface area contributed by atoms with Gasteiger partial charge in [0.05, 0.1) is 17.2 Å². The molecule has 3 N–H and O–H groups in total. The number of aliphatic hydroxyl groups is 1. The molecule has 2 heterocycles. The number of rotatable bonds is 4. The fourth-order valence-electron chi connectivity index (χ4n) is 3.88. The molecule has 7 nitrogen and oxygen atoms in total. The third kappa shape index (κ3) is 3.32. The molecule has 1 aliphatic heterocycles. The van der Waals surface area contributed by atoms with E-state index in [4.69, 9.17) is 5.73 Å². The van der Waals surface area contributed by atoms with Crippen LogP contribution < -0.4 is 10.6 Å². The van der Waals surface area contributed by atoms with E-state index in [0.717, 1.165) is 31.1 Å². The van der Waals surface area contributed by atoms with Crippen molar-refractivity contribution in [2.45, 2.75) is 37.8 Å². The van der Waals surface area contributed by atoms with Gasteiger partial charge in [0.1, 0.15) is 11.9 Å². The molecule has 0 spiro atoms. The van der Waals surface area contributed by atoms with Crippen molar-refractivity contribution in [2.75, 3.05) is 11.5 Å². The highest BCUT2D eigenvalue weighted by Crippen LogP contribution is 2.34. The molecule has 1 atom stereocenters. The van der Waals surface area contributed by atoms with Gasteiger partial charge >= 0.3 is 0 Å². The lowest BCUT2D eigenvalue weighted by molar-refractivity contribution is -0.117. The summed E-state index contributed by atoms with van der Waals surface area (Å²) in [7, 11) is 0. The molecule has 27 heavy (non-hydrogen) atoms. The van der Waals surface area contributed by atoms with E-state index >= 15 is 0 Å². The van der Waals surface area contributed by atoms with Crippen molar-refractivity contribution in [2.24, 2.45) is 16.6 Å². The molecule has 0 bridgehead atoms. The zero-order chi connectivity index (χ0) is 19.0. The number of amides is 1. The minimum Gasteiger partial charge on any atom is -0.396 e. The molecule has 1 aliphatic carbocycles. The molecule has 1 saturated carbocycles. The number of primary amides is 1. The molecular weight excluding hydrogens is 349 g/mol. The van der Waals surface area contributed by atoms with Crippen LogP contribution in [-0.2, 0) is 4.79 Å². The van der Waals surface area contributed by atoms with Gasteiger partial charge in [-0.05, 0) is 37.7 Å². The Balaban J connectivity index is 1.65. The highest BCUT2D eigenvalue weighted by atomic mass is 19.1. The fraction of sp³-hybridized carbons (Fsp3) is 0.421. The predicted molar refractivity (Wildman–Crippen MR) is 101 cm³/mol. The van der Waals surface area contributed by atoms with Gasteiger partial charge in [-0.3, -0.25) is 14.5 Å². The van der Waals surface area contributed by atoms with Crippen molar-refractivity contribution in [1.29, 1.82) is 0 Å². The Hall–Kier alpha value is -2.74. The summed E-state index contributed by atoms with van der Waals surface area (Å²) in [6, 6.07) is 2.50. The fourth-order valence-corrected chi connectivity index (χ4v) is 3.88. The summed E-state index contributed by atoms with van der Waals surface area (Å²) in [5.41, 5.74) is 6.26. The topological polar surface area (TPSA) is 96.7 Å². The van der Waals surface area contributed by atoms with Gasteiger partial charge in [-0.1, -0.05) is 0 Å². The Kier molecular flexibility index (Phi) is 4.65. The van der Waals surface area contributed by atoms with Crippen LogP contribution in [0, 0.1) is 11.7 Å². The number of carbonyl (C=O) groups excluding carboxylic acids is 1. The molecule has 1 aromatic carbocycles. The molecule has 8 heteroatoms. The number of fused-ring (bicyclic) bond motifs is 1. The number of anilines is 1. The van der Waals surface area contributed by atoms with Gasteiger partial charge in [-0.2, -0.15) is 5.10 Å². The van der Waals surface area contributed by atoms with Crippen molar-refractivity contribution in [3.05, 3.63) is 36.5 Å². The van der Waals surface area contributed by atoms with Gasteiger partial charge in [0.25, 0.3) is 0 Å². The maximum atomic E-state index is 14.7. The van der Waals surface area contributed by atoms with Crippen LogP contribution in [0.15, 0.2) is 35.7 Å². The van der Waals surface area contributed by atoms with Crippen molar-refractivity contribution in [3.8, 4) is 0 Å². The second-order valence-corrected chi connectivity index (χ2v) is 7.18. The van der Waals surface area contributed by atoms with Crippen molar-refractivity contribution in [1.82, 2.24) is 9.78 Å². The first-order valence-electron chi connectivity index (χ1n) is 9.13. The van der Waals surface area contributed by atoms with Crippen LogP contribution in [-0.4, -0.2) is 39.7 Å². The summed E-state index contributed by atoms with van der Waals surface area (Å²) in [5.74, 6) is -0.699. The molecule has 1 fully saturated rings. The van der Waals surface area contributed by atoms with Crippen LogP contribution in [0.5, 0.6) is 0 Å². The zero-order valence-electron chi connectivity index (χ0n) is 14.8. The standard InChI is InChI=1S/C19H22FN5O2/c20-15-8-16-13(7-17(15)24-6-5-22-9-18(24)19(21)27)10-25(23-16)14-3-1-12(11-26)2-4-14/h5-10,12,14,18,26H,1-4,11H2,(H2,21,27). The molecule has 2 aliphatic rings. The Morgan fingerprint density at radius 2 is 2.07 bits per heavy atom. The normalized spacial score (nSPS) is 25.3. The van der Waals surface area contributed by atoms with E-state index in [2.05, 4.69) is 10.1 Å². The van der Waals surface area contributed by atoms with Crippen LogP contribution in [0.1, 0.15) is 31.7 Å². The minimum atomic E-state index is -0.828. The Bertz CT molecular complexity index is 914. The van der Waals surface area contributed by atoms with E-state index in [9.17, 15) is 14.3 Å². The van der Waals surface area contributed by atoms with E-state index in [1.54, 1.807) is 12.3 Å². The number of hydrogen-bond acceptors (Lipinski definition) is 5. The number of nitrogens with zero attached hydrogens (tertiary/aromatic N) is 4. The third-order valence-corrected chi connectivity index (χ3v) is 5.45. The number of carbonyl (C=O) groups is 1. The first-order chi connectivity index (χ1) is 13.1. The zero-order valence-corrected chi connectivity index (χ0v) is 14.8. The Morgan fingerprint density at radius 3 is 2.78 bits per heavy atom. The molecule has 1 aromatic heterocycles. The first-order valence-corrected chi connectivity index (χ1v) is 9.13. The summed E-state index contributed by atoms with van der Waals surface area (Å²) < 4.78 is 16.6. The molecule has 4 rings (SSSR count). The highest BCUT2D eigenvalue weighted by molar-refractivity contribution is 6.01. The van der Waals surface area contributed by atoms with E-state index in [-0.39, 0.29) is 18.3 Å². The summed E-state index contributed by atoms with van der Waals surface area (Å²) >= 11 is 0. The third-order valence-electron chi connectivity index (χ3n) is 5.45. The highest BCUT2D eigenvalue weighted by Gasteiger charge is 2.26. The molecule has 0 radical (unpaired) electrons. The van der Waals surface area contributed by atoms with E-state index in [1.807, 2.05) is 10.9 Å². The summed E-state index contributed by atoms with van der Waals surface area (Å²) in [5, 5.41) is 14.6. The quantitative estimate of drug-likeness (QED) is 0.860. The average molecular weight is 371 g/mol. The van der Waals surface area contributed by atoms with E-state index in [0.29, 0.717) is 11.4 Å². The van der Waals surface area contributed by atoms with Crippen molar-refractivity contribution >= 4 is 28.7 Å². The van der Waals surface area contributed by atoms with Crippen LogP contribution in [0.4, 0.5) is 10.1 Å². The second-order valence-electron chi connectivity index (χ2n) is 7.18. The van der Waals surface area contributed by atoms with E-state index in [1.165, 1.54) is 23.4 Å². The largest absolute Gasteiger partial charge is 0.396 e. The molecule has 1 amide bonds. The minimum absolute atomic E-state index is 0.232. The van der Waals surface area contributed by atoms with E-state index < -0.39 is 17.8 Å². The number of benzene rings is 1. The lowest BCUT2D eigenvalue weighted by Crippen LogP contribution is -2.44. The lowest BCUT2D eigenvalue weighted by atomic mass is 9.87. The number of halogens is 1. The number of hydrogen-bond donors (Lipinski definition) is 2. The second kappa shape index (κ2) is 7.11. The Labute approximate surface area is 156 Å². The Morgan fingerprint density at radius 1 is 1.30 bits per heavy atom. The first kappa shape index (κ1) is 17.7. The predicted octanol–water partition coefficient (Wildman–Crippen LogP) is 2.11. The SMILES string of the molecule is NC(=O)C1C=NC=CN1c1cc2cn(C3CCC(CO)CC3)nc2cc1F. The molecule has 0 saturated heterocycles. The van der Waals surface area contributed by atoms with Gasteiger partial charge in [-0.15, -0.1) is 0 Å². The van der Waals surface area contributed by atoms with Crippen LogP contribution in [0.25, 0.3) is 10.9 Å². The molecule has 142 valence electrons. The smallest absolute Gasteiger partial charge is 0.246 e. The molecular formula is C19H22FN5O2. The average Bonchev–Trinajstić information content (AvgIpc) is 3.10. The van der Waals surface area contributed by atoms with Gasteiger partial charge in [-0.25, -0.2) is 4.39 Å². The van der Waals surface area contributed by atoms with Crippen LogP contribution >= 0.6 is 0 Å².